The third-order valence-electron chi connectivity index (χ3n) is 4.61. The van der Waals surface area contributed by atoms with Gasteiger partial charge in [-0.1, -0.05) is 30.9 Å². The number of hydrogen-bond donors (Lipinski definition) is 2. The summed E-state index contributed by atoms with van der Waals surface area (Å²) in [5.74, 6) is -0.105. The Bertz CT molecular complexity index is 835. The van der Waals surface area contributed by atoms with E-state index in [2.05, 4.69) is 15.6 Å². The highest BCUT2D eigenvalue weighted by Crippen LogP contribution is 2.28. The van der Waals surface area contributed by atoms with Crippen LogP contribution in [0.3, 0.4) is 0 Å². The number of rotatable bonds is 5. The minimum atomic E-state index is -0.393. The summed E-state index contributed by atoms with van der Waals surface area (Å²) >= 11 is 5.99. The molecule has 0 aliphatic heterocycles. The van der Waals surface area contributed by atoms with Crippen LogP contribution in [0.25, 0.3) is 0 Å². The molecule has 2 N–H and O–H groups in total. The molecular weight excluding hydrogens is 366 g/mol. The van der Waals surface area contributed by atoms with E-state index in [1.54, 1.807) is 18.2 Å². The van der Waals surface area contributed by atoms with Gasteiger partial charge in [0, 0.05) is 23.5 Å². The minimum Gasteiger partial charge on any atom is -0.495 e. The first-order chi connectivity index (χ1) is 13.1. The monoisotopic (exact) mass is 387 g/mol. The van der Waals surface area contributed by atoms with Gasteiger partial charge in [0.05, 0.1) is 23.9 Å². The van der Waals surface area contributed by atoms with Gasteiger partial charge < -0.3 is 15.4 Å². The second-order valence-corrected chi connectivity index (χ2v) is 7.01. The van der Waals surface area contributed by atoms with Gasteiger partial charge in [0.2, 0.25) is 0 Å². The first-order valence-electron chi connectivity index (χ1n) is 8.97. The summed E-state index contributed by atoms with van der Waals surface area (Å²) in [4.78, 5) is 29.1. The van der Waals surface area contributed by atoms with Gasteiger partial charge in [-0.15, -0.1) is 0 Å². The van der Waals surface area contributed by atoms with Crippen molar-refractivity contribution in [2.75, 3.05) is 12.4 Å². The minimum absolute atomic E-state index is 0.194. The normalized spacial score (nSPS) is 14.4. The number of carbonyl (C=O) groups is 2. The fourth-order valence-corrected chi connectivity index (χ4v) is 3.35. The molecule has 1 fully saturated rings. The van der Waals surface area contributed by atoms with Crippen LogP contribution >= 0.6 is 11.6 Å². The molecule has 0 saturated heterocycles. The number of halogens is 1. The predicted octanol–water partition coefficient (Wildman–Crippen LogP) is 4.06. The van der Waals surface area contributed by atoms with Crippen LogP contribution in [-0.2, 0) is 0 Å². The van der Waals surface area contributed by atoms with Crippen molar-refractivity contribution >= 4 is 29.1 Å². The summed E-state index contributed by atoms with van der Waals surface area (Å²) < 4.78 is 5.23. The van der Waals surface area contributed by atoms with Gasteiger partial charge in [-0.25, -0.2) is 0 Å². The molecule has 1 aromatic carbocycles. The lowest BCUT2D eigenvalue weighted by atomic mass is 9.95. The Labute approximate surface area is 163 Å². The highest BCUT2D eigenvalue weighted by molar-refractivity contribution is 6.31. The Balaban J connectivity index is 1.72. The van der Waals surface area contributed by atoms with Crippen LogP contribution in [0.5, 0.6) is 5.75 Å². The van der Waals surface area contributed by atoms with E-state index in [9.17, 15) is 9.59 Å². The number of methoxy groups -OCH3 is 1. The van der Waals surface area contributed by atoms with Gasteiger partial charge in [-0.2, -0.15) is 0 Å². The highest BCUT2D eigenvalue weighted by Gasteiger charge is 2.18. The molecule has 7 heteroatoms. The molecule has 2 aromatic rings. The molecule has 0 radical (unpaired) electrons. The van der Waals surface area contributed by atoms with Crippen molar-refractivity contribution in [3.63, 3.8) is 0 Å². The third kappa shape index (κ3) is 4.98. The van der Waals surface area contributed by atoms with Crippen molar-refractivity contribution in [1.29, 1.82) is 0 Å². The zero-order valence-electron chi connectivity index (χ0n) is 15.1. The van der Waals surface area contributed by atoms with Crippen molar-refractivity contribution in [3.05, 3.63) is 52.8 Å². The SMILES string of the molecule is COc1ccc(Cl)cc1NC(=O)c1cncc(C(=O)NC2CCCCC2)c1. The molecule has 27 heavy (non-hydrogen) atoms. The van der Waals surface area contributed by atoms with E-state index in [-0.39, 0.29) is 17.5 Å². The first kappa shape index (κ1) is 19.2. The number of aromatic nitrogens is 1. The Hall–Kier alpha value is -2.60. The maximum absolute atomic E-state index is 12.6. The number of hydrogen-bond acceptors (Lipinski definition) is 4. The zero-order valence-corrected chi connectivity index (χ0v) is 15.9. The van der Waals surface area contributed by atoms with Crippen LogP contribution in [0, 0.1) is 0 Å². The largest absolute Gasteiger partial charge is 0.495 e. The van der Waals surface area contributed by atoms with E-state index < -0.39 is 5.91 Å². The van der Waals surface area contributed by atoms with Crippen LogP contribution in [0.2, 0.25) is 5.02 Å². The predicted molar refractivity (Wildman–Crippen MR) is 105 cm³/mol. The standard InChI is InChI=1S/C20H22ClN3O3/c1-27-18-8-7-15(21)10-17(18)24-20(26)14-9-13(11-22-12-14)19(25)23-16-5-3-2-4-6-16/h7-12,16H,2-6H2,1H3,(H,23,25)(H,24,26). The average molecular weight is 388 g/mol. The molecular formula is C20H22ClN3O3. The number of carbonyl (C=O) groups excluding carboxylic acids is 2. The molecule has 1 aromatic heterocycles. The van der Waals surface area contributed by atoms with Crippen molar-refractivity contribution in [2.45, 2.75) is 38.1 Å². The van der Waals surface area contributed by atoms with Crippen LogP contribution in [0.15, 0.2) is 36.7 Å². The summed E-state index contributed by atoms with van der Waals surface area (Å²) in [6, 6.07) is 6.68. The van der Waals surface area contributed by atoms with Crippen LogP contribution in [0.4, 0.5) is 5.69 Å². The van der Waals surface area contributed by atoms with Crippen molar-refractivity contribution in [2.24, 2.45) is 0 Å². The van der Waals surface area contributed by atoms with E-state index in [4.69, 9.17) is 16.3 Å². The zero-order chi connectivity index (χ0) is 19.2. The second-order valence-electron chi connectivity index (χ2n) is 6.57. The van der Waals surface area contributed by atoms with E-state index in [0.717, 1.165) is 25.7 Å². The van der Waals surface area contributed by atoms with Crippen LogP contribution in [-0.4, -0.2) is 29.9 Å². The molecule has 1 aliphatic rings. The number of nitrogens with zero attached hydrogens (tertiary/aromatic N) is 1. The maximum Gasteiger partial charge on any atom is 0.257 e. The second kappa shape index (κ2) is 8.86. The number of ether oxygens (including phenoxy) is 1. The quantitative estimate of drug-likeness (QED) is 0.810. The smallest absolute Gasteiger partial charge is 0.257 e. The first-order valence-corrected chi connectivity index (χ1v) is 9.35. The number of anilines is 1. The molecule has 1 heterocycles. The molecule has 142 valence electrons. The van der Waals surface area contributed by atoms with Crippen LogP contribution in [0.1, 0.15) is 52.8 Å². The van der Waals surface area contributed by atoms with E-state index in [1.807, 2.05) is 0 Å². The van der Waals surface area contributed by atoms with Crippen molar-refractivity contribution in [3.8, 4) is 5.75 Å². The lowest BCUT2D eigenvalue weighted by Gasteiger charge is -2.22. The van der Waals surface area contributed by atoms with E-state index >= 15 is 0 Å². The van der Waals surface area contributed by atoms with Gasteiger partial charge in [0.1, 0.15) is 5.75 Å². The van der Waals surface area contributed by atoms with Gasteiger partial charge in [-0.3, -0.25) is 14.6 Å². The van der Waals surface area contributed by atoms with Gasteiger partial charge in [0.15, 0.2) is 0 Å². The number of nitrogens with one attached hydrogen (secondary N) is 2. The molecule has 0 unspecified atom stereocenters. The van der Waals surface area contributed by atoms with Gasteiger partial charge in [-0.05, 0) is 37.1 Å². The maximum atomic E-state index is 12.6. The highest BCUT2D eigenvalue weighted by atomic mass is 35.5. The lowest BCUT2D eigenvalue weighted by Crippen LogP contribution is -2.36. The summed E-state index contributed by atoms with van der Waals surface area (Å²) in [7, 11) is 1.51. The molecule has 0 spiro atoms. The molecule has 0 atom stereocenters. The summed E-state index contributed by atoms with van der Waals surface area (Å²) in [5, 5.41) is 6.25. The Morgan fingerprint density at radius 3 is 2.48 bits per heavy atom. The molecule has 6 nitrogen and oxygen atoms in total. The Morgan fingerprint density at radius 1 is 1.07 bits per heavy atom. The lowest BCUT2D eigenvalue weighted by molar-refractivity contribution is 0.0927. The topological polar surface area (TPSA) is 80.3 Å². The van der Waals surface area contributed by atoms with Crippen LogP contribution < -0.4 is 15.4 Å². The number of benzene rings is 1. The number of amides is 2. The Kier molecular flexibility index (Phi) is 6.29. The van der Waals surface area contributed by atoms with E-state index in [0.29, 0.717) is 22.0 Å². The van der Waals surface area contributed by atoms with Crippen molar-refractivity contribution in [1.82, 2.24) is 10.3 Å². The average Bonchev–Trinajstić information content (AvgIpc) is 2.69. The van der Waals surface area contributed by atoms with Gasteiger partial charge >= 0.3 is 0 Å². The fourth-order valence-electron chi connectivity index (χ4n) is 3.18. The molecule has 0 bridgehead atoms. The summed E-state index contributed by atoms with van der Waals surface area (Å²) in [6.45, 7) is 0. The van der Waals surface area contributed by atoms with Gasteiger partial charge in [0.25, 0.3) is 11.8 Å². The molecule has 1 saturated carbocycles. The third-order valence-corrected chi connectivity index (χ3v) is 4.85. The molecule has 1 aliphatic carbocycles. The van der Waals surface area contributed by atoms with E-state index in [1.165, 1.54) is 32.0 Å². The fraction of sp³-hybridized carbons (Fsp3) is 0.350. The number of pyridine rings is 1. The molecule has 2 amide bonds. The Morgan fingerprint density at radius 2 is 1.78 bits per heavy atom. The summed E-state index contributed by atoms with van der Waals surface area (Å²) in [5.41, 5.74) is 1.10. The molecule has 3 rings (SSSR count). The van der Waals surface area contributed by atoms with Crippen molar-refractivity contribution < 1.29 is 14.3 Å². The summed E-state index contributed by atoms with van der Waals surface area (Å²) in [6.07, 6.45) is 8.36.